The molecule has 0 aliphatic carbocycles. The zero-order valence-electron chi connectivity index (χ0n) is 7.36. The van der Waals surface area contributed by atoms with Crippen molar-refractivity contribution < 1.29 is 0 Å². The molecular formula is C9H19Cl. The fourth-order valence-electron chi connectivity index (χ4n) is 1.34. The highest BCUT2D eigenvalue weighted by molar-refractivity contribution is 6.20. The molecule has 0 saturated heterocycles. The zero-order valence-corrected chi connectivity index (χ0v) is 8.12. The van der Waals surface area contributed by atoms with Crippen molar-refractivity contribution in [3.05, 3.63) is 0 Å². The summed E-state index contributed by atoms with van der Waals surface area (Å²) in [5.41, 5.74) is 0. The van der Waals surface area contributed by atoms with Crippen LogP contribution in [-0.4, -0.2) is 5.38 Å². The van der Waals surface area contributed by atoms with E-state index in [2.05, 4.69) is 20.8 Å². The molecule has 1 heteroatoms. The van der Waals surface area contributed by atoms with Crippen molar-refractivity contribution in [3.8, 4) is 0 Å². The summed E-state index contributed by atoms with van der Waals surface area (Å²) in [7, 11) is 0. The number of rotatable bonds is 5. The first kappa shape index (κ1) is 10.3. The van der Waals surface area contributed by atoms with Crippen LogP contribution in [0.15, 0.2) is 0 Å². The Labute approximate surface area is 70.0 Å². The third-order valence-electron chi connectivity index (χ3n) is 2.09. The fourth-order valence-corrected chi connectivity index (χ4v) is 1.65. The van der Waals surface area contributed by atoms with Crippen molar-refractivity contribution >= 4 is 11.6 Å². The van der Waals surface area contributed by atoms with Gasteiger partial charge in [0.05, 0.1) is 0 Å². The molecule has 2 atom stereocenters. The Hall–Kier alpha value is 0.290. The van der Waals surface area contributed by atoms with Gasteiger partial charge in [0.1, 0.15) is 0 Å². The number of hydrogen-bond acceptors (Lipinski definition) is 0. The fraction of sp³-hybridized carbons (Fsp3) is 1.00. The lowest BCUT2D eigenvalue weighted by Gasteiger charge is -2.18. The first-order chi connectivity index (χ1) is 4.76. The second-order valence-corrected chi connectivity index (χ2v) is 3.44. The van der Waals surface area contributed by atoms with E-state index in [1.165, 1.54) is 19.3 Å². The minimum Gasteiger partial charge on any atom is -0.123 e. The molecule has 0 saturated carbocycles. The summed E-state index contributed by atoms with van der Waals surface area (Å²) >= 11 is 6.11. The Kier molecular flexibility index (Phi) is 6.20. The van der Waals surface area contributed by atoms with Crippen LogP contribution in [0.3, 0.4) is 0 Å². The van der Waals surface area contributed by atoms with E-state index in [0.717, 1.165) is 12.3 Å². The number of alkyl halides is 1. The van der Waals surface area contributed by atoms with Crippen LogP contribution in [0.25, 0.3) is 0 Å². The molecule has 0 heterocycles. The largest absolute Gasteiger partial charge is 0.123 e. The predicted octanol–water partition coefficient (Wildman–Crippen LogP) is 3.83. The van der Waals surface area contributed by atoms with Crippen molar-refractivity contribution in [1.82, 2.24) is 0 Å². The van der Waals surface area contributed by atoms with Crippen LogP contribution in [0.1, 0.15) is 46.5 Å². The highest BCUT2D eigenvalue weighted by atomic mass is 35.5. The molecule has 0 aliphatic rings. The molecule has 0 rings (SSSR count). The summed E-state index contributed by atoms with van der Waals surface area (Å²) in [6.07, 6.45) is 4.90. The number of halogens is 1. The lowest BCUT2D eigenvalue weighted by Crippen LogP contribution is -2.12. The molecule has 0 nitrogen and oxygen atoms in total. The molecule has 2 unspecified atom stereocenters. The summed E-state index contributed by atoms with van der Waals surface area (Å²) in [6.45, 7) is 6.61. The molecule has 10 heavy (non-hydrogen) atoms. The summed E-state index contributed by atoms with van der Waals surface area (Å²) < 4.78 is 0. The molecule has 0 spiro atoms. The maximum Gasteiger partial charge on any atom is 0.0361 e. The van der Waals surface area contributed by atoms with Crippen LogP contribution in [0, 0.1) is 5.92 Å². The van der Waals surface area contributed by atoms with Crippen molar-refractivity contribution in [2.45, 2.75) is 51.8 Å². The second kappa shape index (κ2) is 6.03. The number of hydrogen-bond donors (Lipinski definition) is 0. The van der Waals surface area contributed by atoms with E-state index in [1.807, 2.05) is 0 Å². The average molecular weight is 163 g/mol. The van der Waals surface area contributed by atoms with Crippen LogP contribution in [0.2, 0.25) is 0 Å². The van der Waals surface area contributed by atoms with Crippen molar-refractivity contribution in [2.75, 3.05) is 0 Å². The van der Waals surface area contributed by atoms with Gasteiger partial charge in [-0.2, -0.15) is 0 Å². The van der Waals surface area contributed by atoms with Gasteiger partial charge in [0, 0.05) is 5.38 Å². The van der Waals surface area contributed by atoms with Crippen LogP contribution in [0.4, 0.5) is 0 Å². The van der Waals surface area contributed by atoms with Crippen molar-refractivity contribution in [2.24, 2.45) is 5.92 Å². The lowest BCUT2D eigenvalue weighted by atomic mass is 9.95. The molecule has 62 valence electrons. The smallest absolute Gasteiger partial charge is 0.0361 e. The van der Waals surface area contributed by atoms with Crippen LogP contribution in [-0.2, 0) is 0 Å². The van der Waals surface area contributed by atoms with Gasteiger partial charge in [0.25, 0.3) is 0 Å². The van der Waals surface area contributed by atoms with Gasteiger partial charge in [-0.1, -0.05) is 33.6 Å². The minimum atomic E-state index is 0.407. The zero-order chi connectivity index (χ0) is 7.98. The van der Waals surface area contributed by atoms with Gasteiger partial charge in [0.2, 0.25) is 0 Å². The first-order valence-electron chi connectivity index (χ1n) is 4.40. The summed E-state index contributed by atoms with van der Waals surface area (Å²) in [5.74, 6) is 0.747. The molecular weight excluding hydrogens is 144 g/mol. The van der Waals surface area contributed by atoms with Gasteiger partial charge in [-0.05, 0) is 18.8 Å². The van der Waals surface area contributed by atoms with E-state index < -0.39 is 0 Å². The topological polar surface area (TPSA) is 0 Å². The standard InChI is InChI=1S/C9H19Cl/c1-4-7-8(5-2)9(10)6-3/h8-9H,4-7H2,1-3H3. The van der Waals surface area contributed by atoms with Crippen LogP contribution >= 0.6 is 11.6 Å². The third-order valence-corrected chi connectivity index (χ3v) is 2.75. The molecule has 0 N–H and O–H groups in total. The maximum absolute atomic E-state index is 6.11. The molecule has 0 bridgehead atoms. The Balaban J connectivity index is 3.56. The van der Waals surface area contributed by atoms with Crippen molar-refractivity contribution in [1.29, 1.82) is 0 Å². The summed E-state index contributed by atoms with van der Waals surface area (Å²) in [4.78, 5) is 0. The Morgan fingerprint density at radius 3 is 2.00 bits per heavy atom. The Morgan fingerprint density at radius 2 is 1.70 bits per heavy atom. The molecule has 0 amide bonds. The lowest BCUT2D eigenvalue weighted by molar-refractivity contribution is 0.435. The van der Waals surface area contributed by atoms with Crippen LogP contribution in [0.5, 0.6) is 0 Å². The van der Waals surface area contributed by atoms with Gasteiger partial charge >= 0.3 is 0 Å². The SMILES string of the molecule is CCCC(CC)C(Cl)CC. The molecule has 0 fully saturated rings. The van der Waals surface area contributed by atoms with E-state index in [0.29, 0.717) is 5.38 Å². The quantitative estimate of drug-likeness (QED) is 0.539. The normalized spacial score (nSPS) is 16.8. The van der Waals surface area contributed by atoms with E-state index >= 15 is 0 Å². The molecule has 0 aromatic heterocycles. The molecule has 0 radical (unpaired) electrons. The van der Waals surface area contributed by atoms with E-state index in [4.69, 9.17) is 11.6 Å². The van der Waals surface area contributed by atoms with Gasteiger partial charge in [-0.3, -0.25) is 0 Å². The first-order valence-corrected chi connectivity index (χ1v) is 4.83. The summed E-state index contributed by atoms with van der Waals surface area (Å²) in [6, 6.07) is 0. The third kappa shape index (κ3) is 3.46. The minimum absolute atomic E-state index is 0.407. The highest BCUT2D eigenvalue weighted by Crippen LogP contribution is 2.22. The van der Waals surface area contributed by atoms with Gasteiger partial charge in [0.15, 0.2) is 0 Å². The van der Waals surface area contributed by atoms with E-state index in [9.17, 15) is 0 Å². The van der Waals surface area contributed by atoms with E-state index in [-0.39, 0.29) is 0 Å². The molecule has 0 aromatic carbocycles. The van der Waals surface area contributed by atoms with Gasteiger partial charge in [-0.25, -0.2) is 0 Å². The average Bonchev–Trinajstić information content (AvgIpc) is 1.99. The van der Waals surface area contributed by atoms with Crippen molar-refractivity contribution in [3.63, 3.8) is 0 Å². The Morgan fingerprint density at radius 1 is 1.10 bits per heavy atom. The highest BCUT2D eigenvalue weighted by Gasteiger charge is 2.13. The van der Waals surface area contributed by atoms with Gasteiger partial charge in [-0.15, -0.1) is 11.6 Å². The van der Waals surface area contributed by atoms with E-state index in [1.54, 1.807) is 0 Å². The molecule has 0 aliphatic heterocycles. The second-order valence-electron chi connectivity index (χ2n) is 2.88. The molecule has 0 aromatic rings. The summed E-state index contributed by atoms with van der Waals surface area (Å²) in [5, 5.41) is 0.407. The monoisotopic (exact) mass is 162 g/mol. The Bertz CT molecular complexity index is 71.1. The van der Waals surface area contributed by atoms with Crippen LogP contribution < -0.4 is 0 Å². The maximum atomic E-state index is 6.11. The predicted molar refractivity (Wildman–Crippen MR) is 48.6 cm³/mol. The van der Waals surface area contributed by atoms with Gasteiger partial charge < -0.3 is 0 Å².